The minimum atomic E-state index is -0.272. The maximum Gasteiger partial charge on any atom is 0.409 e. The van der Waals surface area contributed by atoms with E-state index in [1.165, 1.54) is 0 Å². The molecule has 30 heavy (non-hydrogen) atoms. The number of rotatable bonds is 6. The average molecular weight is 400 g/mol. The van der Waals surface area contributed by atoms with E-state index in [0.717, 1.165) is 23.4 Å². The highest BCUT2D eigenvalue weighted by Crippen LogP contribution is 2.28. The third-order valence-corrected chi connectivity index (χ3v) is 4.89. The summed E-state index contributed by atoms with van der Waals surface area (Å²) in [5, 5.41) is 3.14. The molecule has 1 amide bonds. The Hall–Kier alpha value is -4.05. The van der Waals surface area contributed by atoms with Gasteiger partial charge in [0.15, 0.2) is 0 Å². The second-order valence-electron chi connectivity index (χ2n) is 6.92. The number of benzene rings is 2. The Labute approximate surface area is 174 Å². The van der Waals surface area contributed by atoms with Gasteiger partial charge in [0, 0.05) is 18.9 Å². The number of carbonyl (C=O) groups is 1. The number of pyridine rings is 1. The zero-order chi connectivity index (χ0) is 20.9. The molecule has 150 valence electrons. The largest absolute Gasteiger partial charge is 0.457 e. The van der Waals surface area contributed by atoms with Gasteiger partial charge in [-0.25, -0.2) is 9.64 Å². The van der Waals surface area contributed by atoms with Crippen LogP contribution in [0.1, 0.15) is 5.56 Å². The van der Waals surface area contributed by atoms with Gasteiger partial charge in [0.1, 0.15) is 23.9 Å². The molecule has 2 aromatic carbocycles. The molecule has 0 bridgehead atoms. The van der Waals surface area contributed by atoms with Crippen LogP contribution in [0, 0.1) is 6.57 Å². The Kier molecular flexibility index (Phi) is 5.48. The Morgan fingerprint density at radius 1 is 1.17 bits per heavy atom. The average Bonchev–Trinajstić information content (AvgIpc) is 3.09. The van der Waals surface area contributed by atoms with Crippen LogP contribution in [0.25, 0.3) is 4.85 Å². The van der Waals surface area contributed by atoms with Gasteiger partial charge < -0.3 is 19.7 Å². The summed E-state index contributed by atoms with van der Waals surface area (Å²) in [6, 6.07) is 18.8. The molecule has 1 saturated heterocycles. The van der Waals surface area contributed by atoms with E-state index in [1.807, 2.05) is 48.5 Å². The molecule has 0 aliphatic carbocycles. The van der Waals surface area contributed by atoms with E-state index in [2.05, 4.69) is 15.1 Å². The lowest BCUT2D eigenvalue weighted by atomic mass is 10.1. The highest BCUT2D eigenvalue weighted by molar-refractivity contribution is 5.71. The highest BCUT2D eigenvalue weighted by Gasteiger charge is 2.29. The second-order valence-corrected chi connectivity index (χ2v) is 6.92. The first kappa shape index (κ1) is 19.3. The minimum absolute atomic E-state index is 0.0618. The number of hydrogen-bond donors (Lipinski definition) is 1. The lowest BCUT2D eigenvalue weighted by Crippen LogP contribution is -2.30. The molecule has 4 rings (SSSR count). The number of nitrogens with zero attached hydrogens (tertiary/aromatic N) is 3. The summed E-state index contributed by atoms with van der Waals surface area (Å²) in [4.78, 5) is 20.7. The fourth-order valence-electron chi connectivity index (χ4n) is 3.15. The predicted octanol–water partition coefficient (Wildman–Crippen LogP) is 5.16. The zero-order valence-corrected chi connectivity index (χ0v) is 16.4. The molecule has 0 unspecified atom stereocenters. The van der Waals surface area contributed by atoms with Gasteiger partial charge in [-0.05, 0) is 48.4 Å². The summed E-state index contributed by atoms with van der Waals surface area (Å²) in [7, 11) is 1.76. The van der Waals surface area contributed by atoms with E-state index in [4.69, 9.17) is 16.0 Å². The van der Waals surface area contributed by atoms with Gasteiger partial charge >= 0.3 is 6.09 Å². The zero-order valence-electron chi connectivity index (χ0n) is 16.4. The maximum absolute atomic E-state index is 11.5. The molecule has 1 fully saturated rings. The molecule has 1 N–H and O–H groups in total. The summed E-state index contributed by atoms with van der Waals surface area (Å²) in [6.45, 7) is 7.63. The minimum Gasteiger partial charge on any atom is -0.457 e. The molecule has 1 aliphatic rings. The lowest BCUT2D eigenvalue weighted by Gasteiger charge is -2.16. The monoisotopic (exact) mass is 400 g/mol. The van der Waals surface area contributed by atoms with E-state index >= 15 is 0 Å². The van der Waals surface area contributed by atoms with Gasteiger partial charge in [0.2, 0.25) is 5.69 Å². The molecule has 7 heteroatoms. The normalized spacial score (nSPS) is 15.4. The van der Waals surface area contributed by atoms with Gasteiger partial charge in [-0.3, -0.25) is 4.98 Å². The molecule has 3 aromatic rings. The van der Waals surface area contributed by atoms with Crippen molar-refractivity contribution in [2.45, 2.75) is 12.5 Å². The van der Waals surface area contributed by atoms with Crippen molar-refractivity contribution in [3.63, 3.8) is 0 Å². The summed E-state index contributed by atoms with van der Waals surface area (Å²) < 4.78 is 11.0. The Bertz CT molecular complexity index is 1070. The fraction of sp³-hybridized carbons (Fsp3) is 0.174. The number of aromatic nitrogens is 1. The lowest BCUT2D eigenvalue weighted by molar-refractivity contribution is 0.163. The number of amides is 1. The van der Waals surface area contributed by atoms with Crippen molar-refractivity contribution in [1.82, 2.24) is 9.88 Å². The van der Waals surface area contributed by atoms with Gasteiger partial charge in [0.25, 0.3) is 0 Å². The van der Waals surface area contributed by atoms with Crippen molar-refractivity contribution >= 4 is 23.3 Å². The molecular formula is C23H20N4O3. The number of anilines is 2. The molecule has 0 radical (unpaired) electrons. The molecule has 0 spiro atoms. The van der Waals surface area contributed by atoms with E-state index in [0.29, 0.717) is 23.9 Å². The van der Waals surface area contributed by atoms with E-state index in [-0.39, 0.29) is 12.1 Å². The van der Waals surface area contributed by atoms with E-state index in [1.54, 1.807) is 30.3 Å². The fourth-order valence-corrected chi connectivity index (χ4v) is 3.15. The molecule has 1 aliphatic heterocycles. The van der Waals surface area contributed by atoms with Crippen LogP contribution in [-0.2, 0) is 11.2 Å². The first-order chi connectivity index (χ1) is 14.6. The number of hydrogen-bond acceptors (Lipinski definition) is 5. The summed E-state index contributed by atoms with van der Waals surface area (Å²) in [5.41, 5.74) is 2.40. The summed E-state index contributed by atoms with van der Waals surface area (Å²) >= 11 is 0. The van der Waals surface area contributed by atoms with Crippen LogP contribution in [0.2, 0.25) is 0 Å². The van der Waals surface area contributed by atoms with Crippen molar-refractivity contribution in [2.75, 3.05) is 19.0 Å². The van der Waals surface area contributed by atoms with Gasteiger partial charge in [-0.1, -0.05) is 24.3 Å². The molecule has 0 saturated carbocycles. The van der Waals surface area contributed by atoms with Crippen LogP contribution < -0.4 is 10.1 Å². The second kappa shape index (κ2) is 8.53. The maximum atomic E-state index is 11.5. The molecular weight excluding hydrogens is 380 g/mol. The van der Waals surface area contributed by atoms with Crippen molar-refractivity contribution < 1.29 is 14.3 Å². The van der Waals surface area contributed by atoms with Gasteiger partial charge in [-0.2, -0.15) is 0 Å². The topological polar surface area (TPSA) is 68.0 Å². The molecule has 1 atom stereocenters. The van der Waals surface area contributed by atoms with Crippen LogP contribution in [0.4, 0.5) is 22.0 Å². The third-order valence-electron chi connectivity index (χ3n) is 4.89. The quantitative estimate of drug-likeness (QED) is 0.579. The van der Waals surface area contributed by atoms with Gasteiger partial charge in [0.05, 0.1) is 12.6 Å². The van der Waals surface area contributed by atoms with Crippen LogP contribution in [0.15, 0.2) is 66.9 Å². The Morgan fingerprint density at radius 2 is 1.87 bits per heavy atom. The molecule has 1 aromatic heterocycles. The summed E-state index contributed by atoms with van der Waals surface area (Å²) in [5.74, 6) is 1.96. The van der Waals surface area contributed by atoms with Gasteiger partial charge in [-0.15, -0.1) is 0 Å². The van der Waals surface area contributed by atoms with Crippen molar-refractivity contribution in [1.29, 1.82) is 0 Å². The SMILES string of the molecule is [C-]#[N+]c1cccnc1Nc1ccc(Oc2ccc(C[C@H]3COC(=O)N3C)cc2)cc1. The van der Waals surface area contributed by atoms with Crippen molar-refractivity contribution in [3.8, 4) is 11.5 Å². The number of cyclic esters (lactones) is 1. The van der Waals surface area contributed by atoms with Crippen LogP contribution in [0.5, 0.6) is 11.5 Å². The van der Waals surface area contributed by atoms with E-state index in [9.17, 15) is 4.79 Å². The van der Waals surface area contributed by atoms with Crippen molar-refractivity contribution in [2.24, 2.45) is 0 Å². The number of likely N-dealkylation sites (N-methyl/N-ethyl adjacent to an activating group) is 1. The van der Waals surface area contributed by atoms with E-state index < -0.39 is 0 Å². The van der Waals surface area contributed by atoms with Crippen LogP contribution >= 0.6 is 0 Å². The van der Waals surface area contributed by atoms with Crippen molar-refractivity contribution in [3.05, 3.63) is 83.8 Å². The Balaban J connectivity index is 1.36. The van der Waals surface area contributed by atoms with Crippen LogP contribution in [0.3, 0.4) is 0 Å². The standard InChI is InChI=1S/C23H20N4O3/c1-24-21-4-3-13-25-22(21)26-17-7-11-20(12-8-17)30-19-9-5-16(6-10-19)14-18-15-29-23(28)27(18)2/h3-13,18H,14-15H2,2H3,(H,25,26)/t18-/m0/s1. The molecule has 2 heterocycles. The number of ether oxygens (including phenoxy) is 2. The number of carbonyl (C=O) groups excluding carboxylic acids is 1. The third kappa shape index (κ3) is 4.33. The predicted molar refractivity (Wildman–Crippen MR) is 113 cm³/mol. The highest BCUT2D eigenvalue weighted by atomic mass is 16.6. The van der Waals surface area contributed by atoms with Crippen LogP contribution in [-0.4, -0.2) is 35.7 Å². The Morgan fingerprint density at radius 3 is 2.50 bits per heavy atom. The summed E-state index contributed by atoms with van der Waals surface area (Å²) in [6.07, 6.45) is 2.11. The molecule has 7 nitrogen and oxygen atoms in total. The smallest absolute Gasteiger partial charge is 0.409 e. The first-order valence-electron chi connectivity index (χ1n) is 9.48. The number of nitrogens with one attached hydrogen (secondary N) is 1. The first-order valence-corrected chi connectivity index (χ1v) is 9.48.